The van der Waals surface area contributed by atoms with E-state index in [1.807, 2.05) is 0 Å². The van der Waals surface area contributed by atoms with Gasteiger partial charge in [0.05, 0.1) is 0 Å². The number of Topliss-reactive ketones (excluding diaryl/α,β-unsaturated/α-hetero) is 2. The minimum Gasteiger partial charge on any atom is -0.359 e. The predicted molar refractivity (Wildman–Crippen MR) is 37.1 cm³/mol. The van der Waals surface area contributed by atoms with Crippen molar-refractivity contribution in [3.05, 3.63) is 0 Å². The first-order chi connectivity index (χ1) is 5.27. The lowest BCUT2D eigenvalue weighted by Crippen LogP contribution is -2.18. The first-order valence-corrected chi connectivity index (χ1v) is 3.98. The zero-order chi connectivity index (χ0) is 7.84. The molecule has 0 radical (unpaired) electrons. The normalized spacial score (nSPS) is 37.5. The Kier molecular flexibility index (Phi) is 1.53. The summed E-state index contributed by atoms with van der Waals surface area (Å²) in [5.74, 6) is 0.219. The van der Waals surface area contributed by atoms with E-state index in [9.17, 15) is 9.59 Å². The highest BCUT2D eigenvalue weighted by molar-refractivity contribution is 5.93. The molecule has 2 unspecified atom stereocenters. The first-order valence-electron chi connectivity index (χ1n) is 3.98. The van der Waals surface area contributed by atoms with Crippen LogP contribution < -0.4 is 0 Å². The third-order valence-electron chi connectivity index (χ3n) is 2.36. The van der Waals surface area contributed by atoms with Crippen LogP contribution in [0.2, 0.25) is 0 Å². The van der Waals surface area contributed by atoms with Gasteiger partial charge in [-0.05, 0) is 12.8 Å². The maximum Gasteiger partial charge on any atom is 0.162 e. The highest BCUT2D eigenvalue weighted by Gasteiger charge is 2.37. The number of ether oxygens (including phenoxy) is 1. The summed E-state index contributed by atoms with van der Waals surface area (Å²) in [4.78, 5) is 22.3. The van der Waals surface area contributed by atoms with Gasteiger partial charge in [0.2, 0.25) is 0 Å². The zero-order valence-corrected chi connectivity index (χ0v) is 6.21. The lowest BCUT2D eigenvalue weighted by molar-refractivity contribution is -0.131. The van der Waals surface area contributed by atoms with Crippen LogP contribution in [0, 0.1) is 0 Å². The van der Waals surface area contributed by atoms with Gasteiger partial charge >= 0.3 is 0 Å². The molecule has 60 valence electrons. The zero-order valence-electron chi connectivity index (χ0n) is 6.21. The van der Waals surface area contributed by atoms with Crippen LogP contribution in [0.15, 0.2) is 0 Å². The van der Waals surface area contributed by atoms with Gasteiger partial charge in [-0.15, -0.1) is 0 Å². The summed E-state index contributed by atoms with van der Waals surface area (Å²) in [6.07, 6.45) is 1.75. The van der Waals surface area contributed by atoms with Gasteiger partial charge in [0.15, 0.2) is 11.6 Å². The minimum atomic E-state index is -0.258. The maximum atomic E-state index is 11.1. The summed E-state index contributed by atoms with van der Waals surface area (Å²) in [5, 5.41) is 0. The van der Waals surface area contributed by atoms with Gasteiger partial charge in [-0.25, -0.2) is 0 Å². The van der Waals surface area contributed by atoms with Gasteiger partial charge in [0.25, 0.3) is 0 Å². The predicted octanol–water partition coefficient (Wildman–Crippen LogP) is 0.466. The van der Waals surface area contributed by atoms with Crippen molar-refractivity contribution in [1.82, 2.24) is 0 Å². The van der Waals surface area contributed by atoms with Gasteiger partial charge in [-0.3, -0.25) is 9.59 Å². The summed E-state index contributed by atoms with van der Waals surface area (Å²) in [5.41, 5.74) is 0. The molecule has 0 spiro atoms. The van der Waals surface area contributed by atoms with Crippen molar-refractivity contribution in [3.8, 4) is 0 Å². The molecule has 2 fully saturated rings. The van der Waals surface area contributed by atoms with Crippen molar-refractivity contribution in [1.29, 1.82) is 0 Å². The molecule has 2 aliphatic rings. The summed E-state index contributed by atoms with van der Waals surface area (Å²) >= 11 is 0. The Labute approximate surface area is 64.7 Å². The summed E-state index contributed by atoms with van der Waals surface area (Å²) in [6.45, 7) is 0. The Bertz CT molecular complexity index is 187. The molecule has 3 heteroatoms. The SMILES string of the molecule is O=C1CCC(=O)C2CCC1O2. The Hall–Kier alpha value is -0.700. The molecule has 2 aliphatic heterocycles. The molecule has 11 heavy (non-hydrogen) atoms. The Morgan fingerprint density at radius 2 is 1.45 bits per heavy atom. The van der Waals surface area contributed by atoms with Crippen molar-refractivity contribution >= 4 is 11.6 Å². The van der Waals surface area contributed by atoms with Gasteiger partial charge in [0, 0.05) is 12.8 Å². The molecule has 0 saturated carbocycles. The number of hydrogen-bond acceptors (Lipinski definition) is 3. The molecule has 2 rings (SSSR count). The summed E-state index contributed by atoms with van der Waals surface area (Å²) in [6, 6.07) is 0. The molecule has 3 nitrogen and oxygen atoms in total. The molecular weight excluding hydrogens is 144 g/mol. The Morgan fingerprint density at radius 1 is 1.00 bits per heavy atom. The van der Waals surface area contributed by atoms with E-state index < -0.39 is 0 Å². The molecular formula is C8H10O3. The van der Waals surface area contributed by atoms with E-state index in [1.54, 1.807) is 0 Å². The van der Waals surface area contributed by atoms with Gasteiger partial charge in [-0.1, -0.05) is 0 Å². The van der Waals surface area contributed by atoms with E-state index in [2.05, 4.69) is 0 Å². The highest BCUT2D eigenvalue weighted by atomic mass is 16.5. The van der Waals surface area contributed by atoms with E-state index in [0.717, 1.165) is 12.8 Å². The minimum absolute atomic E-state index is 0.110. The van der Waals surface area contributed by atoms with Crippen molar-refractivity contribution < 1.29 is 14.3 Å². The van der Waals surface area contributed by atoms with E-state index in [-0.39, 0.29) is 23.8 Å². The number of rotatable bonds is 0. The Morgan fingerprint density at radius 3 is 1.91 bits per heavy atom. The third-order valence-corrected chi connectivity index (χ3v) is 2.36. The van der Waals surface area contributed by atoms with Crippen LogP contribution in [-0.2, 0) is 14.3 Å². The van der Waals surface area contributed by atoms with Crippen LogP contribution in [-0.4, -0.2) is 23.8 Å². The van der Waals surface area contributed by atoms with Crippen LogP contribution in [0.4, 0.5) is 0 Å². The van der Waals surface area contributed by atoms with Crippen LogP contribution in [0.25, 0.3) is 0 Å². The second-order valence-electron chi connectivity index (χ2n) is 3.12. The molecule has 2 atom stereocenters. The van der Waals surface area contributed by atoms with E-state index in [0.29, 0.717) is 12.8 Å². The molecule has 0 amide bonds. The number of ketones is 2. The maximum absolute atomic E-state index is 11.1. The van der Waals surface area contributed by atoms with Crippen LogP contribution in [0.3, 0.4) is 0 Å². The fraction of sp³-hybridized carbons (Fsp3) is 0.750. The number of hydrogen-bond donors (Lipinski definition) is 0. The topological polar surface area (TPSA) is 43.4 Å². The van der Waals surface area contributed by atoms with Crippen molar-refractivity contribution in [3.63, 3.8) is 0 Å². The molecule has 2 heterocycles. The molecule has 0 aromatic carbocycles. The smallest absolute Gasteiger partial charge is 0.162 e. The molecule has 0 aliphatic carbocycles. The van der Waals surface area contributed by atoms with Gasteiger partial charge < -0.3 is 4.74 Å². The van der Waals surface area contributed by atoms with E-state index in [4.69, 9.17) is 4.74 Å². The lowest BCUT2D eigenvalue weighted by Gasteiger charge is -2.04. The van der Waals surface area contributed by atoms with Crippen molar-refractivity contribution in [2.24, 2.45) is 0 Å². The average Bonchev–Trinajstić information content (AvgIpc) is 2.42. The third kappa shape index (κ3) is 1.09. The van der Waals surface area contributed by atoms with Gasteiger partial charge in [0.1, 0.15) is 12.2 Å². The fourth-order valence-corrected chi connectivity index (χ4v) is 1.68. The highest BCUT2D eigenvalue weighted by Crippen LogP contribution is 2.26. The molecule has 0 aromatic heterocycles. The molecule has 2 bridgehead atoms. The quantitative estimate of drug-likeness (QED) is 0.509. The average molecular weight is 154 g/mol. The number of fused-ring (bicyclic) bond motifs is 2. The molecule has 2 saturated heterocycles. The Balaban J connectivity index is 2.20. The van der Waals surface area contributed by atoms with Crippen molar-refractivity contribution in [2.45, 2.75) is 37.9 Å². The number of carbonyl (C=O) groups is 2. The second-order valence-corrected chi connectivity index (χ2v) is 3.12. The lowest BCUT2D eigenvalue weighted by atomic mass is 9.99. The fourth-order valence-electron chi connectivity index (χ4n) is 1.68. The standard InChI is InChI=1S/C8H10O3/c9-5-1-2-6(10)8-4-3-7(5)11-8/h7-8H,1-4H2. The molecule has 0 N–H and O–H groups in total. The van der Waals surface area contributed by atoms with Crippen LogP contribution in [0.5, 0.6) is 0 Å². The number of carbonyl (C=O) groups excluding carboxylic acids is 2. The monoisotopic (exact) mass is 154 g/mol. The van der Waals surface area contributed by atoms with Crippen LogP contribution in [0.1, 0.15) is 25.7 Å². The summed E-state index contributed by atoms with van der Waals surface area (Å²) in [7, 11) is 0. The second kappa shape index (κ2) is 2.41. The van der Waals surface area contributed by atoms with Gasteiger partial charge in [-0.2, -0.15) is 0 Å². The van der Waals surface area contributed by atoms with Crippen molar-refractivity contribution in [2.75, 3.05) is 0 Å². The van der Waals surface area contributed by atoms with E-state index >= 15 is 0 Å². The van der Waals surface area contributed by atoms with Crippen LogP contribution >= 0.6 is 0 Å². The molecule has 0 aromatic rings. The van der Waals surface area contributed by atoms with E-state index in [1.165, 1.54) is 0 Å². The summed E-state index contributed by atoms with van der Waals surface area (Å²) < 4.78 is 5.25. The largest absolute Gasteiger partial charge is 0.359 e. The first kappa shape index (κ1) is 6.98.